The average molecular weight is 390 g/mol. The number of rotatable bonds is 3. The zero-order valence-electron chi connectivity index (χ0n) is 11.4. The van der Waals surface area contributed by atoms with E-state index in [-0.39, 0.29) is 4.90 Å². The molecule has 0 spiro atoms. The molecule has 0 aliphatic heterocycles. The molecule has 0 heterocycles. The van der Waals surface area contributed by atoms with Crippen LogP contribution in [0.3, 0.4) is 0 Å². The van der Waals surface area contributed by atoms with Gasteiger partial charge in [-0.05, 0) is 43.2 Å². The quantitative estimate of drug-likeness (QED) is 0.776. The highest BCUT2D eigenvalue weighted by molar-refractivity contribution is 9.10. The first-order chi connectivity index (χ1) is 9.72. The molecule has 0 unspecified atom stereocenters. The van der Waals surface area contributed by atoms with E-state index in [2.05, 4.69) is 20.7 Å². The van der Waals surface area contributed by atoms with E-state index in [1.165, 1.54) is 6.07 Å². The van der Waals surface area contributed by atoms with Crippen LogP contribution in [0.15, 0.2) is 39.7 Å². The summed E-state index contributed by atoms with van der Waals surface area (Å²) in [5, 5.41) is 0.346. The number of aryl methyl sites for hydroxylation is 1. The smallest absolute Gasteiger partial charge is 0.262 e. The minimum Gasteiger partial charge on any atom is -0.398 e. The molecule has 0 aliphatic carbocycles. The van der Waals surface area contributed by atoms with E-state index in [9.17, 15) is 8.42 Å². The Hall–Kier alpha value is -1.24. The second-order valence-electron chi connectivity index (χ2n) is 4.66. The number of benzene rings is 2. The maximum Gasteiger partial charge on any atom is 0.262 e. The summed E-state index contributed by atoms with van der Waals surface area (Å²) in [5.74, 6) is 0. The zero-order valence-corrected chi connectivity index (χ0v) is 14.6. The minimum atomic E-state index is -3.78. The van der Waals surface area contributed by atoms with Gasteiger partial charge in [0.05, 0.1) is 15.6 Å². The lowest BCUT2D eigenvalue weighted by Gasteiger charge is -2.15. The molecule has 2 aromatic carbocycles. The van der Waals surface area contributed by atoms with Gasteiger partial charge in [-0.2, -0.15) is 0 Å². The molecule has 7 heteroatoms. The summed E-state index contributed by atoms with van der Waals surface area (Å²) in [6, 6.07) is 8.35. The Balaban J connectivity index is 2.54. The predicted molar refractivity (Wildman–Crippen MR) is 90.3 cm³/mol. The maximum absolute atomic E-state index is 12.6. The predicted octanol–water partition coefficient (Wildman–Crippen LogP) is 4.10. The molecular weight excluding hydrogens is 376 g/mol. The lowest BCUT2D eigenvalue weighted by atomic mass is 10.2. The summed E-state index contributed by atoms with van der Waals surface area (Å²) in [4.78, 5) is 0.119. The van der Waals surface area contributed by atoms with Crippen molar-refractivity contribution in [3.05, 3.63) is 51.0 Å². The number of halogens is 2. The Morgan fingerprint density at radius 1 is 1.24 bits per heavy atom. The fourth-order valence-electron chi connectivity index (χ4n) is 1.90. The Morgan fingerprint density at radius 2 is 1.90 bits per heavy atom. The molecule has 0 aromatic heterocycles. The summed E-state index contributed by atoms with van der Waals surface area (Å²) in [6.45, 7) is 3.45. The van der Waals surface area contributed by atoms with Crippen molar-refractivity contribution in [2.45, 2.75) is 18.7 Å². The van der Waals surface area contributed by atoms with Gasteiger partial charge in [0.25, 0.3) is 10.0 Å². The van der Waals surface area contributed by atoms with Crippen LogP contribution in [0.25, 0.3) is 0 Å². The third-order valence-corrected chi connectivity index (χ3v) is 5.36. The van der Waals surface area contributed by atoms with Gasteiger partial charge in [0.2, 0.25) is 0 Å². The highest BCUT2D eigenvalue weighted by atomic mass is 79.9. The van der Waals surface area contributed by atoms with Crippen LogP contribution in [0.5, 0.6) is 0 Å². The highest BCUT2D eigenvalue weighted by Crippen LogP contribution is 2.31. The summed E-state index contributed by atoms with van der Waals surface area (Å²) in [7, 11) is -3.78. The second kappa shape index (κ2) is 5.87. The van der Waals surface area contributed by atoms with E-state index >= 15 is 0 Å². The molecule has 0 saturated carbocycles. The molecule has 0 aliphatic rings. The largest absolute Gasteiger partial charge is 0.398 e. The van der Waals surface area contributed by atoms with Crippen LogP contribution in [0, 0.1) is 13.8 Å². The van der Waals surface area contributed by atoms with Gasteiger partial charge in [-0.1, -0.05) is 39.7 Å². The van der Waals surface area contributed by atoms with Crippen LogP contribution < -0.4 is 10.5 Å². The van der Waals surface area contributed by atoms with E-state index in [1.807, 2.05) is 0 Å². The average Bonchev–Trinajstić information content (AvgIpc) is 2.38. The van der Waals surface area contributed by atoms with Gasteiger partial charge in [-0.3, -0.25) is 4.72 Å². The lowest BCUT2D eigenvalue weighted by molar-refractivity contribution is 0.600. The number of hydrogen-bond acceptors (Lipinski definition) is 3. The molecule has 0 saturated heterocycles. The number of hydrogen-bond donors (Lipinski definition) is 2. The molecule has 2 rings (SSSR count). The third kappa shape index (κ3) is 3.33. The van der Waals surface area contributed by atoms with Crippen molar-refractivity contribution in [1.82, 2.24) is 0 Å². The summed E-state index contributed by atoms with van der Waals surface area (Å²) >= 11 is 9.32. The molecule has 3 N–H and O–H groups in total. The lowest BCUT2D eigenvalue weighted by Crippen LogP contribution is -2.16. The van der Waals surface area contributed by atoms with Crippen molar-refractivity contribution in [1.29, 1.82) is 0 Å². The minimum absolute atomic E-state index is 0.119. The van der Waals surface area contributed by atoms with Gasteiger partial charge >= 0.3 is 0 Å². The molecule has 0 fully saturated rings. The molecule has 2 aromatic rings. The highest BCUT2D eigenvalue weighted by Gasteiger charge is 2.21. The SMILES string of the molecule is Cc1cccc(Cl)c1NS(=O)(=O)c1cc(Br)cc(N)c1C. The third-order valence-electron chi connectivity index (χ3n) is 3.11. The number of nitrogens with two attached hydrogens (primary N) is 1. The molecule has 0 amide bonds. The first-order valence-corrected chi connectivity index (χ1v) is 8.71. The molecule has 0 atom stereocenters. The Morgan fingerprint density at radius 3 is 2.52 bits per heavy atom. The van der Waals surface area contributed by atoms with Crippen LogP contribution >= 0.6 is 27.5 Å². The van der Waals surface area contributed by atoms with Gasteiger partial charge in [-0.15, -0.1) is 0 Å². The Labute approximate surface area is 137 Å². The van der Waals surface area contributed by atoms with Crippen LogP contribution in [0.4, 0.5) is 11.4 Å². The Bertz CT molecular complexity index is 787. The summed E-state index contributed by atoms with van der Waals surface area (Å²) in [6.07, 6.45) is 0. The second-order valence-corrected chi connectivity index (χ2v) is 7.63. The first kappa shape index (κ1) is 16.1. The van der Waals surface area contributed by atoms with Crippen LogP contribution in [-0.2, 0) is 10.0 Å². The summed E-state index contributed by atoms with van der Waals surface area (Å²) < 4.78 is 28.3. The molecule has 4 nitrogen and oxygen atoms in total. The molecule has 0 radical (unpaired) electrons. The molecule has 0 bridgehead atoms. The Kier molecular flexibility index (Phi) is 4.51. The van der Waals surface area contributed by atoms with Crippen molar-refractivity contribution in [2.24, 2.45) is 0 Å². The van der Waals surface area contributed by atoms with Gasteiger partial charge in [0, 0.05) is 10.2 Å². The molecule has 21 heavy (non-hydrogen) atoms. The monoisotopic (exact) mass is 388 g/mol. The van der Waals surface area contributed by atoms with Crippen molar-refractivity contribution in [2.75, 3.05) is 10.5 Å². The normalized spacial score (nSPS) is 11.4. The maximum atomic E-state index is 12.6. The van der Waals surface area contributed by atoms with Crippen molar-refractivity contribution in [3.63, 3.8) is 0 Å². The summed E-state index contributed by atoms with van der Waals surface area (Å²) in [5.41, 5.74) is 7.84. The van der Waals surface area contributed by atoms with Gasteiger partial charge < -0.3 is 5.73 Å². The number of nitrogen functional groups attached to an aromatic ring is 1. The number of sulfonamides is 1. The van der Waals surface area contributed by atoms with Crippen LogP contribution in [0.1, 0.15) is 11.1 Å². The number of nitrogens with one attached hydrogen (secondary N) is 1. The van der Waals surface area contributed by atoms with E-state index in [0.717, 1.165) is 5.56 Å². The van der Waals surface area contributed by atoms with Crippen molar-refractivity contribution < 1.29 is 8.42 Å². The fourth-order valence-corrected chi connectivity index (χ4v) is 4.31. The molecule has 112 valence electrons. The van der Waals surface area contributed by atoms with Gasteiger partial charge in [0.15, 0.2) is 0 Å². The fraction of sp³-hybridized carbons (Fsp3) is 0.143. The van der Waals surface area contributed by atoms with Gasteiger partial charge in [-0.25, -0.2) is 8.42 Å². The molecular formula is C14H14BrClN2O2S. The zero-order chi connectivity index (χ0) is 15.8. The first-order valence-electron chi connectivity index (χ1n) is 6.06. The standard InChI is InChI=1S/C14H14BrClN2O2S/c1-8-4-3-5-11(16)14(8)18-21(19,20)13-7-10(15)6-12(17)9(13)2/h3-7,18H,17H2,1-2H3. The van der Waals surface area contributed by atoms with Crippen LogP contribution in [-0.4, -0.2) is 8.42 Å². The number of anilines is 2. The van der Waals surface area contributed by atoms with E-state index < -0.39 is 10.0 Å². The van der Waals surface area contributed by atoms with Crippen LogP contribution in [0.2, 0.25) is 5.02 Å². The van der Waals surface area contributed by atoms with Crippen molar-refractivity contribution in [3.8, 4) is 0 Å². The van der Waals surface area contributed by atoms with E-state index in [0.29, 0.717) is 26.4 Å². The number of para-hydroxylation sites is 1. The van der Waals surface area contributed by atoms with E-state index in [1.54, 1.807) is 38.1 Å². The topological polar surface area (TPSA) is 72.2 Å². The van der Waals surface area contributed by atoms with E-state index in [4.69, 9.17) is 17.3 Å². The van der Waals surface area contributed by atoms with Crippen molar-refractivity contribution >= 4 is 48.9 Å². The van der Waals surface area contributed by atoms with Gasteiger partial charge in [0.1, 0.15) is 0 Å².